The van der Waals surface area contributed by atoms with Gasteiger partial charge in [-0.05, 0) is 161 Å². The van der Waals surface area contributed by atoms with E-state index in [-0.39, 0.29) is 72.0 Å². The van der Waals surface area contributed by atoms with Gasteiger partial charge in [0.15, 0.2) is 57.5 Å². The molecule has 0 radical (unpaired) electrons. The number of aromatic hydroxyl groups is 1. The lowest BCUT2D eigenvalue weighted by Crippen LogP contribution is -2.37. The molecule has 38 heteroatoms. The number of carboxylic acid groups (broad SMARTS) is 1. The van der Waals surface area contributed by atoms with Crippen LogP contribution in [0.5, 0.6) is 57.5 Å². The van der Waals surface area contributed by atoms with E-state index in [1.54, 1.807) is 119 Å². The number of aldehydes is 2. The number of esters is 2. The van der Waals surface area contributed by atoms with Crippen molar-refractivity contribution in [3.05, 3.63) is 177 Å². The van der Waals surface area contributed by atoms with E-state index in [0.29, 0.717) is 125 Å². The molecule has 120 heavy (non-hydrogen) atoms. The monoisotopic (exact) mass is 1760 g/mol. The number of cyclic esters (lactones) is 2. The number of benzene rings is 7. The number of nitrogens with two attached hydrogens (primary N) is 4. The van der Waals surface area contributed by atoms with E-state index in [1.165, 1.54) is 69.9 Å². The number of anilines is 2. The summed E-state index contributed by atoms with van der Waals surface area (Å²) in [6.45, 7) is 20.6. The van der Waals surface area contributed by atoms with Gasteiger partial charge >= 0.3 is 11.9 Å². The molecule has 0 bridgehead atoms. The Morgan fingerprint density at radius 2 is 0.775 bits per heavy atom. The average molecular weight is 1760 g/mol. The lowest BCUT2D eigenvalue weighted by atomic mass is 10.1. The fourth-order valence-electron chi connectivity index (χ4n) is 10.2. The van der Waals surface area contributed by atoms with E-state index >= 15 is 0 Å². The van der Waals surface area contributed by atoms with Crippen molar-refractivity contribution in [2.45, 2.75) is 94.8 Å². The van der Waals surface area contributed by atoms with Crippen LogP contribution in [-0.2, 0) is 48.6 Å². The van der Waals surface area contributed by atoms with Gasteiger partial charge in [-0.3, -0.25) is 38.5 Å². The van der Waals surface area contributed by atoms with Crippen molar-refractivity contribution >= 4 is 108 Å². The Kier molecular flexibility index (Phi) is 51.8. The zero-order chi connectivity index (χ0) is 89.8. The number of fused-ring (bicyclic) bond motifs is 2. The lowest BCUT2D eigenvalue weighted by molar-refractivity contribution is -0.134. The van der Waals surface area contributed by atoms with Gasteiger partial charge in [-0.25, -0.2) is 34.8 Å². The molecule has 2 heterocycles. The first-order valence-corrected chi connectivity index (χ1v) is 42.4. The number of amides is 4. The molecule has 2 aliphatic rings. The first-order valence-electron chi connectivity index (χ1n) is 36.2. The summed E-state index contributed by atoms with van der Waals surface area (Å²) in [5.41, 5.74) is 25.3. The number of phenols is 1. The molecule has 12 N–H and O–H groups in total. The average Bonchev–Trinajstić information content (AvgIpc) is 1.60. The minimum absolute atomic E-state index is 0. The lowest BCUT2D eigenvalue weighted by Gasteiger charge is -2.27. The Labute approximate surface area is 709 Å². The van der Waals surface area contributed by atoms with Crippen LogP contribution in [0.15, 0.2) is 127 Å². The molecular weight excluding hydrogens is 1640 g/mol. The molecule has 7 aromatic rings. The summed E-state index contributed by atoms with van der Waals surface area (Å²) in [5.74, 6) is -0.129. The molecule has 34 nitrogen and oxygen atoms in total. The smallest absolute Gasteiger partial charge is 0.349 e. The van der Waals surface area contributed by atoms with E-state index in [1.807, 2.05) is 41.5 Å². The van der Waals surface area contributed by atoms with Gasteiger partial charge in [-0.2, -0.15) is 13.5 Å². The third kappa shape index (κ3) is 38.6. The van der Waals surface area contributed by atoms with Crippen LogP contribution in [0.4, 0.5) is 11.4 Å². The zero-order valence-electron chi connectivity index (χ0n) is 69.7. The summed E-state index contributed by atoms with van der Waals surface area (Å²) in [7, 11) is -3.68. The van der Waals surface area contributed by atoms with Crippen LogP contribution in [0.2, 0.25) is 0 Å². The molecule has 9 rings (SSSR count). The number of carboxylic acids is 1. The maximum atomic E-state index is 13.3. The summed E-state index contributed by atoms with van der Waals surface area (Å²) in [6, 6.07) is 31.6. The van der Waals surface area contributed by atoms with E-state index in [0.717, 1.165) is 37.5 Å². The van der Waals surface area contributed by atoms with E-state index < -0.39 is 89.0 Å². The number of carbonyl (C=O) groups excluding carboxylic acids is 8. The summed E-state index contributed by atoms with van der Waals surface area (Å²) in [6.07, 6.45) is 4.86. The molecule has 0 spiro atoms. The summed E-state index contributed by atoms with van der Waals surface area (Å²) < 4.78 is 121. The number of aliphatic carboxylic acids is 1. The number of phenolic OH excluding ortho intramolecular Hbond substituents is 1. The maximum Gasteiger partial charge on any atom is 0.349 e. The number of hydrogen-bond donors (Lipinski definition) is 8. The Hall–Kier alpha value is -11.4. The number of ether oxygens (including phenoxy) is 10. The standard InChI is InChI=1S/C22H24N2O7S.2C12H19NO4S.C10H7NO4.C10H12O3.C9H10O3.2C2H7N.C2H4O2.CH4.H2S/c1-5-31-19-11-14(9-10-18(19)30-3)17(12-32(4,28)29)24-21(26)15-7-6-8-16(23-13(2)25)20(15)22(24)27;2*1-4-17-12-7-9(5-6-11(12)16-2)10(13)8-18(3,14)15;1-5(12)11-7-4-2-3-6-8(7)10(14)15-9(6)13;1-3-13-10-6-8(7-11)4-5-9(10)12-2;1-2-12-9-5-7(6-10)3-4-8(9)11;2*1-2-3;1-2(3)4;;/h6-11,17H,5,12H2,1-4H3,(H,23,25);2*5-7,10H,4,8,13H2,1-3H3;2-4H,1H3,(H,11,12);4-7H,3H2,1-2H3;3-6,11H,2H2,1H3;2*2-3H2,1H3;1H3,(H,3,4);1H4;1H2/t17-;10-;;;;;;;;;/m11........./s1. The fraction of sp³-hybridized carbons (Fsp3) is 0.378. The number of methoxy groups -OCH3 is 4. The molecule has 0 aromatic heterocycles. The first kappa shape index (κ1) is 111. The van der Waals surface area contributed by atoms with Gasteiger partial charge in [0.2, 0.25) is 11.8 Å². The van der Waals surface area contributed by atoms with Crippen LogP contribution in [0, 0.1) is 0 Å². The van der Waals surface area contributed by atoms with Crippen LogP contribution in [0.1, 0.15) is 174 Å². The quantitative estimate of drug-likeness (QED) is 0.00978. The van der Waals surface area contributed by atoms with Gasteiger partial charge in [0.1, 0.15) is 42.1 Å². The van der Waals surface area contributed by atoms with Crippen molar-refractivity contribution in [1.29, 1.82) is 0 Å². The fourth-order valence-corrected chi connectivity index (χ4v) is 12.8. The molecule has 3 atom stereocenters. The van der Waals surface area contributed by atoms with E-state index in [9.17, 15) is 68.7 Å². The number of carbonyl (C=O) groups is 9. The minimum Gasteiger partial charge on any atom is -0.504 e. The molecule has 0 fully saturated rings. The van der Waals surface area contributed by atoms with Crippen molar-refractivity contribution in [3.63, 3.8) is 0 Å². The second-order valence-corrected chi connectivity index (χ2v) is 31.1. The van der Waals surface area contributed by atoms with Crippen molar-refractivity contribution in [3.8, 4) is 57.5 Å². The second-order valence-electron chi connectivity index (χ2n) is 24.6. The molecule has 0 saturated heterocycles. The number of imide groups is 1. The molecular formula is C82H115N7O27S4. The van der Waals surface area contributed by atoms with Crippen LogP contribution in [-0.4, -0.2) is 205 Å². The number of nitrogens with one attached hydrogen (secondary N) is 2. The van der Waals surface area contributed by atoms with E-state index in [2.05, 4.69) is 15.4 Å². The third-order valence-corrected chi connectivity index (χ3v) is 17.6. The first-order chi connectivity index (χ1) is 55.5. The molecule has 1 unspecified atom stereocenters. The predicted molar refractivity (Wildman–Crippen MR) is 464 cm³/mol. The highest BCUT2D eigenvalue weighted by atomic mass is 32.2. The largest absolute Gasteiger partial charge is 0.504 e. The Morgan fingerprint density at radius 1 is 0.458 bits per heavy atom. The van der Waals surface area contributed by atoms with Crippen LogP contribution in [0.25, 0.3) is 0 Å². The van der Waals surface area contributed by atoms with Gasteiger partial charge in [0, 0.05) is 62.7 Å². The number of nitrogens with zero attached hydrogens (tertiary/aromatic N) is 1. The van der Waals surface area contributed by atoms with E-state index in [4.69, 9.17) is 75.5 Å². The Morgan fingerprint density at radius 3 is 1.12 bits per heavy atom. The Bertz CT molecular complexity index is 4760. The summed E-state index contributed by atoms with van der Waals surface area (Å²) >= 11 is 0. The molecule has 0 aliphatic carbocycles. The topological polar surface area (TPSA) is 520 Å². The van der Waals surface area contributed by atoms with Gasteiger partial charge in [-0.15, -0.1) is 0 Å². The van der Waals surface area contributed by atoms with Crippen LogP contribution in [0.3, 0.4) is 0 Å². The highest BCUT2D eigenvalue weighted by Gasteiger charge is 2.44. The van der Waals surface area contributed by atoms with Gasteiger partial charge in [0.25, 0.3) is 17.8 Å². The predicted octanol–water partition coefficient (Wildman–Crippen LogP) is 9.95. The van der Waals surface area contributed by atoms with Crippen molar-refractivity contribution in [1.82, 2.24) is 4.90 Å². The SMILES string of the molecule is C.CC(=O)Nc1cccc2c1C(=O)OC2=O.CC(=O)O.CCN.CCN.CCOc1cc(C(N)CS(C)(=O)=O)ccc1OC.CCOc1cc(C=O)ccc1O.CCOc1cc(C=O)ccc1OC.CCOc1cc([C@@H](CS(C)(=O)=O)N2C(=O)c3cccc(NC(C)=O)c3C2=O)ccc1OC.CCOc1cc([C@H](N)CS(C)(=O)=O)ccc1OC.S. The number of sulfone groups is 3. The van der Waals surface area contributed by atoms with Crippen LogP contribution < -0.4 is 76.2 Å². The molecule has 2 aliphatic heterocycles. The highest BCUT2D eigenvalue weighted by molar-refractivity contribution is 7.91. The molecule has 7 aromatic carbocycles. The van der Waals surface area contributed by atoms with Crippen molar-refractivity contribution in [2.24, 2.45) is 22.9 Å². The van der Waals surface area contributed by atoms with Crippen molar-refractivity contribution < 1.29 is 126 Å². The minimum atomic E-state index is -3.60. The molecule has 664 valence electrons. The maximum absolute atomic E-state index is 13.3. The Balaban J connectivity index is 0. The normalized spacial score (nSPS) is 11.9. The second kappa shape index (κ2) is 56.1. The summed E-state index contributed by atoms with van der Waals surface area (Å²) in [4.78, 5) is 102. The molecule has 0 saturated carbocycles. The van der Waals surface area contributed by atoms with Crippen molar-refractivity contribution in [2.75, 3.05) is 121 Å². The molecule has 4 amide bonds. The third-order valence-electron chi connectivity index (χ3n) is 14.7. The highest BCUT2D eigenvalue weighted by Crippen LogP contribution is 2.40. The number of hydrogen-bond acceptors (Lipinski definition) is 30. The van der Waals surface area contributed by atoms with Gasteiger partial charge in [0.05, 0.1) is 118 Å². The summed E-state index contributed by atoms with van der Waals surface area (Å²) in [5, 5.41) is 21.7. The van der Waals surface area contributed by atoms with Crippen LogP contribution >= 0.6 is 13.5 Å². The number of rotatable bonds is 28. The van der Waals surface area contributed by atoms with Gasteiger partial charge < -0.3 is 91.1 Å². The zero-order valence-corrected chi connectivity index (χ0v) is 73.1. The van der Waals surface area contributed by atoms with Gasteiger partial charge in [-0.1, -0.05) is 51.6 Å².